The summed E-state index contributed by atoms with van der Waals surface area (Å²) in [6.45, 7) is 8.95. The minimum absolute atomic E-state index is 0.274. The lowest BCUT2D eigenvalue weighted by molar-refractivity contribution is 0.0531. The summed E-state index contributed by atoms with van der Waals surface area (Å²) >= 11 is 5.90. The van der Waals surface area contributed by atoms with Gasteiger partial charge >= 0.3 is 0 Å². The Kier molecular flexibility index (Phi) is 4.39. The van der Waals surface area contributed by atoms with E-state index in [-0.39, 0.29) is 6.10 Å². The van der Waals surface area contributed by atoms with E-state index in [9.17, 15) is 0 Å². The molecule has 0 aromatic carbocycles. The van der Waals surface area contributed by atoms with Crippen molar-refractivity contribution >= 4 is 11.6 Å². The topological polar surface area (TPSA) is 22.1 Å². The zero-order valence-corrected chi connectivity index (χ0v) is 13.1. The summed E-state index contributed by atoms with van der Waals surface area (Å²) in [4.78, 5) is 4.47. The predicted octanol–water partition coefficient (Wildman–Crippen LogP) is 4.72. The fourth-order valence-corrected chi connectivity index (χ4v) is 3.52. The molecule has 0 saturated heterocycles. The molecule has 1 fully saturated rings. The molecule has 0 amide bonds. The zero-order chi connectivity index (χ0) is 14.0. The molecule has 0 spiro atoms. The molecular weight excluding hydrogens is 258 g/mol. The van der Waals surface area contributed by atoms with Crippen LogP contribution in [-0.2, 0) is 5.88 Å². The van der Waals surface area contributed by atoms with Crippen molar-refractivity contribution in [3.8, 4) is 5.88 Å². The minimum atomic E-state index is 0.274. The molecule has 0 bridgehead atoms. The number of aromatic nitrogens is 1. The lowest BCUT2D eigenvalue weighted by Gasteiger charge is -2.38. The van der Waals surface area contributed by atoms with Crippen molar-refractivity contribution in [2.45, 2.75) is 58.9 Å². The summed E-state index contributed by atoms with van der Waals surface area (Å²) in [5.41, 5.74) is 2.41. The standard InChI is InChI=1S/C16H24ClNO/c1-11-5-14(9-16(3,4)8-11)19-15-7-13(10-17)6-12(2)18-15/h6-7,11,14H,5,8-10H2,1-4H3. The number of hydrogen-bond donors (Lipinski definition) is 0. The van der Waals surface area contributed by atoms with E-state index in [2.05, 4.69) is 25.8 Å². The average molecular weight is 282 g/mol. The van der Waals surface area contributed by atoms with Gasteiger partial charge in [0.2, 0.25) is 5.88 Å². The van der Waals surface area contributed by atoms with Crippen LogP contribution >= 0.6 is 11.6 Å². The quantitative estimate of drug-likeness (QED) is 0.748. The highest BCUT2D eigenvalue weighted by Gasteiger charge is 2.33. The van der Waals surface area contributed by atoms with E-state index < -0.39 is 0 Å². The molecule has 2 nitrogen and oxygen atoms in total. The molecule has 0 aliphatic heterocycles. The maximum absolute atomic E-state index is 6.11. The lowest BCUT2D eigenvalue weighted by atomic mass is 9.71. The van der Waals surface area contributed by atoms with Crippen molar-refractivity contribution < 1.29 is 4.74 Å². The maximum atomic E-state index is 6.11. The number of nitrogens with zero attached hydrogens (tertiary/aromatic N) is 1. The second-order valence-corrected chi connectivity index (χ2v) is 7.01. The number of rotatable bonds is 3. The average Bonchev–Trinajstić information content (AvgIpc) is 2.24. The fourth-order valence-electron chi connectivity index (χ4n) is 3.36. The molecule has 1 saturated carbocycles. The molecular formula is C16H24ClNO. The van der Waals surface area contributed by atoms with Crippen molar-refractivity contribution in [1.29, 1.82) is 0 Å². The van der Waals surface area contributed by atoms with Gasteiger partial charge in [-0.3, -0.25) is 0 Å². The second-order valence-electron chi connectivity index (χ2n) is 6.74. The van der Waals surface area contributed by atoms with Crippen molar-refractivity contribution in [1.82, 2.24) is 4.98 Å². The summed E-state index contributed by atoms with van der Waals surface area (Å²) in [5.74, 6) is 1.95. The SMILES string of the molecule is Cc1cc(CCl)cc(OC2CC(C)CC(C)(C)C2)n1. The van der Waals surface area contributed by atoms with Crippen LogP contribution in [0.3, 0.4) is 0 Å². The molecule has 2 rings (SSSR count). The first-order valence-electron chi connectivity index (χ1n) is 7.08. The van der Waals surface area contributed by atoms with E-state index >= 15 is 0 Å². The third-order valence-electron chi connectivity index (χ3n) is 3.78. The van der Waals surface area contributed by atoms with Crippen LogP contribution in [-0.4, -0.2) is 11.1 Å². The van der Waals surface area contributed by atoms with Crippen molar-refractivity contribution in [3.63, 3.8) is 0 Å². The Morgan fingerprint density at radius 1 is 1.37 bits per heavy atom. The summed E-state index contributed by atoms with van der Waals surface area (Å²) in [6.07, 6.45) is 3.77. The van der Waals surface area contributed by atoms with Crippen molar-refractivity contribution in [2.75, 3.05) is 0 Å². The van der Waals surface area contributed by atoms with Gasteiger partial charge in [-0.05, 0) is 49.1 Å². The summed E-state index contributed by atoms with van der Waals surface area (Å²) < 4.78 is 6.11. The van der Waals surface area contributed by atoms with Gasteiger partial charge in [0, 0.05) is 17.6 Å². The Bertz CT molecular complexity index is 444. The lowest BCUT2D eigenvalue weighted by Crippen LogP contribution is -2.34. The molecule has 106 valence electrons. The number of aryl methyl sites for hydroxylation is 1. The Hall–Kier alpha value is -0.760. The first kappa shape index (κ1) is 14.6. The van der Waals surface area contributed by atoms with Gasteiger partial charge in [0.25, 0.3) is 0 Å². The van der Waals surface area contributed by atoms with E-state index in [1.807, 2.05) is 19.1 Å². The molecule has 1 aromatic heterocycles. The van der Waals surface area contributed by atoms with Crippen LogP contribution in [0.2, 0.25) is 0 Å². The van der Waals surface area contributed by atoms with E-state index in [1.165, 1.54) is 6.42 Å². The van der Waals surface area contributed by atoms with E-state index in [1.54, 1.807) is 0 Å². The van der Waals surface area contributed by atoms with Gasteiger partial charge in [-0.2, -0.15) is 0 Å². The normalized spacial score (nSPS) is 26.2. The second kappa shape index (κ2) is 5.70. The van der Waals surface area contributed by atoms with Crippen LogP contribution in [0.5, 0.6) is 5.88 Å². The molecule has 0 radical (unpaired) electrons. The van der Waals surface area contributed by atoms with E-state index in [0.717, 1.165) is 30.0 Å². The van der Waals surface area contributed by atoms with Gasteiger partial charge in [0.1, 0.15) is 6.10 Å². The first-order valence-corrected chi connectivity index (χ1v) is 7.61. The third kappa shape index (κ3) is 4.10. The molecule has 2 atom stereocenters. The summed E-state index contributed by atoms with van der Waals surface area (Å²) in [5, 5.41) is 0. The zero-order valence-electron chi connectivity index (χ0n) is 12.4. The van der Waals surface area contributed by atoms with E-state index in [4.69, 9.17) is 16.3 Å². The summed E-state index contributed by atoms with van der Waals surface area (Å²) in [6, 6.07) is 3.97. The van der Waals surface area contributed by atoms with Gasteiger partial charge in [0.15, 0.2) is 0 Å². The highest BCUT2D eigenvalue weighted by molar-refractivity contribution is 6.17. The molecule has 1 aliphatic carbocycles. The Labute approximate surface area is 121 Å². The Morgan fingerprint density at radius 3 is 2.74 bits per heavy atom. The number of ether oxygens (including phenoxy) is 1. The fraction of sp³-hybridized carbons (Fsp3) is 0.688. The Morgan fingerprint density at radius 2 is 2.11 bits per heavy atom. The van der Waals surface area contributed by atoms with Crippen LogP contribution in [0.4, 0.5) is 0 Å². The molecule has 0 N–H and O–H groups in total. The van der Waals surface area contributed by atoms with Crippen molar-refractivity contribution in [3.05, 3.63) is 23.4 Å². The third-order valence-corrected chi connectivity index (χ3v) is 4.09. The molecule has 19 heavy (non-hydrogen) atoms. The largest absolute Gasteiger partial charge is 0.474 e. The molecule has 3 heteroatoms. The van der Waals surface area contributed by atoms with Crippen LogP contribution in [0.25, 0.3) is 0 Å². The highest BCUT2D eigenvalue weighted by atomic mass is 35.5. The highest BCUT2D eigenvalue weighted by Crippen LogP contribution is 2.39. The first-order chi connectivity index (χ1) is 8.88. The molecule has 1 aliphatic rings. The number of pyridine rings is 1. The van der Waals surface area contributed by atoms with Crippen LogP contribution in [0.15, 0.2) is 12.1 Å². The van der Waals surface area contributed by atoms with Gasteiger partial charge in [-0.15, -0.1) is 11.6 Å². The smallest absolute Gasteiger partial charge is 0.214 e. The maximum Gasteiger partial charge on any atom is 0.214 e. The Balaban J connectivity index is 2.10. The van der Waals surface area contributed by atoms with Gasteiger partial charge in [0.05, 0.1) is 0 Å². The van der Waals surface area contributed by atoms with Gasteiger partial charge in [-0.25, -0.2) is 4.98 Å². The van der Waals surface area contributed by atoms with Gasteiger partial charge < -0.3 is 4.74 Å². The monoisotopic (exact) mass is 281 g/mol. The number of hydrogen-bond acceptors (Lipinski definition) is 2. The predicted molar refractivity (Wildman–Crippen MR) is 79.7 cm³/mol. The number of halogens is 1. The van der Waals surface area contributed by atoms with Crippen LogP contribution < -0.4 is 4.74 Å². The molecule has 1 aromatic rings. The molecule has 1 heterocycles. The summed E-state index contributed by atoms with van der Waals surface area (Å²) in [7, 11) is 0. The van der Waals surface area contributed by atoms with E-state index in [0.29, 0.717) is 17.2 Å². The van der Waals surface area contributed by atoms with Gasteiger partial charge in [-0.1, -0.05) is 20.8 Å². The van der Waals surface area contributed by atoms with Crippen LogP contribution in [0, 0.1) is 18.3 Å². The molecule has 2 unspecified atom stereocenters. The van der Waals surface area contributed by atoms with Crippen molar-refractivity contribution in [2.24, 2.45) is 11.3 Å². The van der Waals surface area contributed by atoms with Crippen LogP contribution in [0.1, 0.15) is 51.3 Å². The minimum Gasteiger partial charge on any atom is -0.474 e. The number of alkyl halides is 1.